The number of hydrogen-bond acceptors (Lipinski definition) is 5. The molecular weight excluding hydrogens is 502 g/mol. The zero-order valence-electron chi connectivity index (χ0n) is 17.8. The van der Waals surface area contributed by atoms with Crippen LogP contribution in [0.1, 0.15) is 38.1 Å². The van der Waals surface area contributed by atoms with Gasteiger partial charge >= 0.3 is 0 Å². The maximum Gasteiger partial charge on any atom is 0.257 e. The largest absolute Gasteiger partial charge is 0.490 e. The summed E-state index contributed by atoms with van der Waals surface area (Å²) in [6.45, 7) is 8.22. The Kier molecular flexibility index (Phi) is 8.99. The number of benzene rings is 2. The molecule has 0 bridgehead atoms. The number of thiocarbonyl (C=S) groups is 1. The summed E-state index contributed by atoms with van der Waals surface area (Å²) < 4.78 is 32.8. The van der Waals surface area contributed by atoms with Gasteiger partial charge in [-0.2, -0.15) is 4.31 Å². The second kappa shape index (κ2) is 11.0. The lowest BCUT2D eigenvalue weighted by Crippen LogP contribution is -2.34. The quantitative estimate of drug-likeness (QED) is 0.495. The fourth-order valence-electron chi connectivity index (χ4n) is 2.75. The van der Waals surface area contributed by atoms with Crippen molar-refractivity contribution < 1.29 is 17.9 Å². The van der Waals surface area contributed by atoms with Crippen LogP contribution in [0.4, 0.5) is 5.69 Å². The Bertz CT molecular complexity index is 1040. The highest BCUT2D eigenvalue weighted by Gasteiger charge is 2.21. The van der Waals surface area contributed by atoms with Crippen LogP contribution in [0.5, 0.6) is 5.75 Å². The lowest BCUT2D eigenvalue weighted by molar-refractivity contribution is 0.0977. The van der Waals surface area contributed by atoms with Crippen LogP contribution in [0, 0.1) is 0 Å². The van der Waals surface area contributed by atoms with Crippen LogP contribution in [-0.2, 0) is 10.0 Å². The summed E-state index contributed by atoms with van der Waals surface area (Å²) >= 11 is 8.61. The monoisotopic (exact) mass is 527 g/mol. The lowest BCUT2D eigenvalue weighted by Gasteiger charge is -2.18. The minimum Gasteiger partial charge on any atom is -0.490 e. The average molecular weight is 528 g/mol. The Morgan fingerprint density at radius 2 is 1.74 bits per heavy atom. The molecule has 0 saturated carbocycles. The molecule has 7 nitrogen and oxygen atoms in total. The van der Waals surface area contributed by atoms with Crippen molar-refractivity contribution in [1.29, 1.82) is 0 Å². The van der Waals surface area contributed by atoms with Gasteiger partial charge in [-0.3, -0.25) is 10.1 Å². The van der Waals surface area contributed by atoms with Gasteiger partial charge in [0, 0.05) is 24.3 Å². The normalized spacial score (nSPS) is 11.5. The van der Waals surface area contributed by atoms with Crippen molar-refractivity contribution in [2.45, 2.75) is 38.7 Å². The van der Waals surface area contributed by atoms with Gasteiger partial charge in [0.1, 0.15) is 5.75 Å². The van der Waals surface area contributed by atoms with Crippen molar-refractivity contribution in [1.82, 2.24) is 9.62 Å². The van der Waals surface area contributed by atoms with E-state index in [4.69, 9.17) is 17.0 Å². The molecule has 0 saturated heterocycles. The van der Waals surface area contributed by atoms with Gasteiger partial charge in [0.2, 0.25) is 10.0 Å². The first-order valence-corrected chi connectivity index (χ1v) is 12.4. The zero-order valence-corrected chi connectivity index (χ0v) is 21.0. The number of halogens is 1. The van der Waals surface area contributed by atoms with Crippen molar-refractivity contribution in [2.75, 3.05) is 18.4 Å². The number of nitrogens with zero attached hydrogens (tertiary/aromatic N) is 1. The molecule has 2 rings (SSSR count). The number of anilines is 1. The van der Waals surface area contributed by atoms with E-state index in [9.17, 15) is 13.2 Å². The highest BCUT2D eigenvalue weighted by molar-refractivity contribution is 9.10. The van der Waals surface area contributed by atoms with E-state index in [-0.39, 0.29) is 22.0 Å². The summed E-state index contributed by atoms with van der Waals surface area (Å²) in [5.41, 5.74) is 0.971. The molecule has 2 aromatic rings. The fourth-order valence-corrected chi connectivity index (χ4v) is 4.89. The first kappa shape index (κ1) is 25.3. The van der Waals surface area contributed by atoms with Crippen molar-refractivity contribution >= 4 is 54.9 Å². The highest BCUT2D eigenvalue weighted by Crippen LogP contribution is 2.27. The maximum atomic E-state index is 12.6. The van der Waals surface area contributed by atoms with E-state index < -0.39 is 10.0 Å². The van der Waals surface area contributed by atoms with Gasteiger partial charge in [-0.25, -0.2) is 8.42 Å². The second-order valence-electron chi connectivity index (χ2n) is 6.83. The topological polar surface area (TPSA) is 87.7 Å². The summed E-state index contributed by atoms with van der Waals surface area (Å²) in [4.78, 5) is 12.7. The minimum atomic E-state index is -3.53. The number of amides is 1. The van der Waals surface area contributed by atoms with Crippen molar-refractivity contribution in [3.8, 4) is 5.75 Å². The summed E-state index contributed by atoms with van der Waals surface area (Å²) in [5, 5.41) is 5.59. The van der Waals surface area contributed by atoms with E-state index in [1.54, 1.807) is 44.2 Å². The van der Waals surface area contributed by atoms with Crippen molar-refractivity contribution in [3.05, 3.63) is 52.5 Å². The van der Waals surface area contributed by atoms with Gasteiger partial charge in [0.05, 0.1) is 15.5 Å². The molecule has 1 amide bonds. The van der Waals surface area contributed by atoms with Gasteiger partial charge in [0.25, 0.3) is 5.91 Å². The number of rotatable bonds is 8. The summed E-state index contributed by atoms with van der Waals surface area (Å²) in [6, 6.07) is 11.2. The molecular formula is C21H26BrN3O4S2. The third-order valence-electron chi connectivity index (χ3n) is 4.24. The van der Waals surface area contributed by atoms with Crippen LogP contribution in [-0.4, -0.2) is 42.9 Å². The zero-order chi connectivity index (χ0) is 23.2. The van der Waals surface area contributed by atoms with E-state index >= 15 is 0 Å². The molecule has 0 radical (unpaired) electrons. The van der Waals surface area contributed by atoms with E-state index in [2.05, 4.69) is 26.6 Å². The van der Waals surface area contributed by atoms with E-state index in [0.29, 0.717) is 34.6 Å². The Labute approximate surface area is 197 Å². The summed E-state index contributed by atoms with van der Waals surface area (Å²) in [5.74, 6) is 0.266. The number of carbonyl (C=O) groups excluding carboxylic acids is 1. The Morgan fingerprint density at radius 1 is 1.13 bits per heavy atom. The molecule has 0 atom stereocenters. The van der Waals surface area contributed by atoms with E-state index in [1.165, 1.54) is 16.4 Å². The van der Waals surface area contributed by atoms with Crippen LogP contribution in [0.3, 0.4) is 0 Å². The first-order chi connectivity index (χ1) is 14.6. The molecule has 0 heterocycles. The third kappa shape index (κ3) is 6.73. The van der Waals surface area contributed by atoms with Crippen LogP contribution in [0.25, 0.3) is 0 Å². The summed E-state index contributed by atoms with van der Waals surface area (Å²) in [6.07, 6.45) is 0.0150. The molecule has 0 aliphatic carbocycles. The predicted octanol–water partition coefficient (Wildman–Crippen LogP) is 4.39. The second-order valence-corrected chi connectivity index (χ2v) is 10.0. The standard InChI is InChI=1S/C21H26BrN3O4S2/c1-5-25(6-2)31(27,28)17-10-8-16(9-11-17)23-21(30)24-20(26)15-7-12-19(18(22)13-15)29-14(3)4/h7-14H,5-6H2,1-4H3,(H2,23,24,26,30). The van der Waals surface area contributed by atoms with Gasteiger partial charge in [-0.1, -0.05) is 13.8 Å². The first-order valence-electron chi connectivity index (χ1n) is 9.77. The third-order valence-corrected chi connectivity index (χ3v) is 7.13. The SMILES string of the molecule is CCN(CC)S(=O)(=O)c1ccc(NC(=S)NC(=O)c2ccc(OC(C)C)c(Br)c2)cc1. The lowest BCUT2D eigenvalue weighted by atomic mass is 10.2. The summed E-state index contributed by atoms with van der Waals surface area (Å²) in [7, 11) is -3.53. The fraction of sp³-hybridized carbons (Fsp3) is 0.333. The van der Waals surface area contributed by atoms with Crippen LogP contribution >= 0.6 is 28.1 Å². The van der Waals surface area contributed by atoms with Gasteiger partial charge in [-0.15, -0.1) is 0 Å². The Balaban J connectivity index is 2.03. The number of carbonyl (C=O) groups is 1. The molecule has 0 aromatic heterocycles. The predicted molar refractivity (Wildman–Crippen MR) is 130 cm³/mol. The van der Waals surface area contributed by atoms with Crippen LogP contribution in [0.2, 0.25) is 0 Å². The average Bonchev–Trinajstić information content (AvgIpc) is 2.70. The molecule has 0 spiro atoms. The number of sulfonamides is 1. The molecule has 31 heavy (non-hydrogen) atoms. The molecule has 0 unspecified atom stereocenters. The molecule has 168 valence electrons. The minimum absolute atomic E-state index is 0.0150. The van der Waals surface area contributed by atoms with Crippen LogP contribution < -0.4 is 15.4 Å². The Hall–Kier alpha value is -2.01. The molecule has 2 aromatic carbocycles. The van der Waals surface area contributed by atoms with Crippen molar-refractivity contribution in [3.63, 3.8) is 0 Å². The smallest absolute Gasteiger partial charge is 0.257 e. The number of nitrogens with one attached hydrogen (secondary N) is 2. The van der Waals surface area contributed by atoms with Gasteiger partial charge < -0.3 is 10.1 Å². The van der Waals surface area contributed by atoms with Crippen molar-refractivity contribution in [2.24, 2.45) is 0 Å². The molecule has 10 heteroatoms. The van der Waals surface area contributed by atoms with Gasteiger partial charge in [0.15, 0.2) is 5.11 Å². The highest BCUT2D eigenvalue weighted by atomic mass is 79.9. The molecule has 0 fully saturated rings. The number of ether oxygens (including phenoxy) is 1. The van der Waals surface area contributed by atoms with Crippen LogP contribution in [0.15, 0.2) is 51.8 Å². The van der Waals surface area contributed by atoms with Gasteiger partial charge in [-0.05, 0) is 84.5 Å². The molecule has 0 aliphatic rings. The number of hydrogen-bond donors (Lipinski definition) is 2. The van der Waals surface area contributed by atoms with E-state index in [0.717, 1.165) is 0 Å². The van der Waals surface area contributed by atoms with E-state index in [1.807, 2.05) is 13.8 Å². The Morgan fingerprint density at radius 3 is 2.26 bits per heavy atom. The molecule has 2 N–H and O–H groups in total. The maximum absolute atomic E-state index is 12.6. The molecule has 0 aliphatic heterocycles.